The van der Waals surface area contributed by atoms with Crippen molar-refractivity contribution in [1.82, 2.24) is 18.1 Å². The van der Waals surface area contributed by atoms with E-state index in [1.54, 1.807) is 0 Å². The standard InChI is InChI=1S/C86H50B2N4/c1-5-22-51(23-6-1)55-44-56(52-24-7-2-8-25-52)47-59(46-55)61-40-43-68-82-78(61)65-42-41-64-62-30-13-17-36-73(62)89-75-38-19-15-34-71(75)87(79(65)83(64)89)92(82)85-67-33-21-32-66-77-69(60-48-57(53-26-9-3-10-27-53)45-58(49-60)54-28-11-4-12-29-54)50-70-63-31-14-18-37-74(63)90-76-39-20-16-35-72(76)88(80(77)84(70)90)91(81(66)67)86(68)85/h1-50H. The first-order valence-corrected chi connectivity index (χ1v) is 32.2. The van der Waals surface area contributed by atoms with E-state index < -0.39 is 0 Å². The summed E-state index contributed by atoms with van der Waals surface area (Å²) in [7, 11) is 0. The van der Waals surface area contributed by atoms with Gasteiger partial charge in [-0.1, -0.05) is 237 Å². The number of aromatic nitrogens is 4. The fourth-order valence-corrected chi connectivity index (χ4v) is 17.7. The quantitative estimate of drug-likeness (QED) is 0.148. The summed E-state index contributed by atoms with van der Waals surface area (Å²) in [4.78, 5) is 0. The minimum atomic E-state index is -0.185. The van der Waals surface area contributed by atoms with Crippen molar-refractivity contribution in [3.8, 4) is 100 Å². The lowest BCUT2D eigenvalue weighted by Gasteiger charge is -2.35. The molecule has 18 aromatic rings. The molecule has 0 saturated carbocycles. The maximum atomic E-state index is 2.85. The normalized spacial score (nSPS) is 13.0. The second kappa shape index (κ2) is 17.9. The van der Waals surface area contributed by atoms with Crippen LogP contribution in [0.2, 0.25) is 0 Å². The molecule has 4 aliphatic rings. The van der Waals surface area contributed by atoms with Gasteiger partial charge in [-0.3, -0.25) is 0 Å². The molecule has 420 valence electrons. The van der Waals surface area contributed by atoms with Gasteiger partial charge in [0.15, 0.2) is 0 Å². The molecule has 0 N–H and O–H groups in total. The third-order valence-corrected chi connectivity index (χ3v) is 21.2. The molecule has 0 spiro atoms. The number of hydrogen-bond acceptors (Lipinski definition) is 0. The Labute approximate surface area is 530 Å². The molecule has 0 unspecified atom stereocenters. The van der Waals surface area contributed by atoms with Crippen LogP contribution in [0.5, 0.6) is 0 Å². The van der Waals surface area contributed by atoms with Crippen molar-refractivity contribution < 1.29 is 0 Å². The Balaban J connectivity index is 0.920. The molecule has 4 nitrogen and oxygen atoms in total. The van der Waals surface area contributed by atoms with Crippen LogP contribution >= 0.6 is 0 Å². The molecule has 0 saturated heterocycles. The van der Waals surface area contributed by atoms with E-state index in [1.165, 1.54) is 199 Å². The Bertz CT molecular complexity index is 6190. The fraction of sp³-hybridized carbons (Fsp3) is 0. The van der Waals surface area contributed by atoms with Crippen molar-refractivity contribution in [2.24, 2.45) is 0 Å². The summed E-state index contributed by atoms with van der Waals surface area (Å²) in [5, 5.41) is 7.62. The Kier molecular flexibility index (Phi) is 9.57. The number of para-hydroxylation sites is 5. The Hall–Kier alpha value is -11.9. The van der Waals surface area contributed by atoms with Gasteiger partial charge in [0, 0.05) is 65.9 Å². The van der Waals surface area contributed by atoms with E-state index in [0.717, 1.165) is 0 Å². The predicted molar refractivity (Wildman–Crippen MR) is 388 cm³/mol. The monoisotopic (exact) mass is 1160 g/mol. The van der Waals surface area contributed by atoms with Gasteiger partial charge in [-0.25, -0.2) is 0 Å². The molecule has 22 rings (SSSR count). The smallest absolute Gasteiger partial charge is 0.333 e. The summed E-state index contributed by atoms with van der Waals surface area (Å²) < 4.78 is 10.9. The van der Waals surface area contributed by atoms with Crippen molar-refractivity contribution in [3.05, 3.63) is 303 Å². The van der Waals surface area contributed by atoms with Crippen LogP contribution in [0.25, 0.3) is 177 Å². The lowest BCUT2D eigenvalue weighted by Crippen LogP contribution is -2.55. The van der Waals surface area contributed by atoms with Gasteiger partial charge in [0.1, 0.15) is 0 Å². The lowest BCUT2D eigenvalue weighted by molar-refractivity contribution is 1.18. The second-order valence-electron chi connectivity index (χ2n) is 25.7. The third kappa shape index (κ3) is 6.28. The van der Waals surface area contributed by atoms with Crippen LogP contribution in [0, 0.1) is 0 Å². The van der Waals surface area contributed by atoms with Crippen LogP contribution < -0.4 is 21.9 Å². The summed E-state index contributed by atoms with van der Waals surface area (Å²) in [6, 6.07) is 115. The van der Waals surface area contributed by atoms with E-state index in [-0.39, 0.29) is 13.7 Å². The van der Waals surface area contributed by atoms with Crippen molar-refractivity contribution in [2.75, 3.05) is 0 Å². The molecule has 4 aromatic heterocycles. The highest BCUT2D eigenvalue weighted by molar-refractivity contribution is 6.92. The summed E-state index contributed by atoms with van der Waals surface area (Å²) in [6.07, 6.45) is 0. The van der Waals surface area contributed by atoms with Gasteiger partial charge in [-0.15, -0.1) is 0 Å². The SMILES string of the molecule is c1ccc(-c2cc(-c3ccccc3)cc(-c3cc4c5ccccc5n5c4c4c3-c3cccc6c3n(c3c7ccc(-c8cc(-c9ccccc9)cc(-c9ccccc9)c8)c8c7n(c63)B3c6ccccc6-n6c7ccccc7c7ccc-8c3c76)B4c3ccccc3-5)c2)cc1. The van der Waals surface area contributed by atoms with Gasteiger partial charge < -0.3 is 18.1 Å². The van der Waals surface area contributed by atoms with E-state index in [2.05, 4.69) is 321 Å². The van der Waals surface area contributed by atoms with Gasteiger partial charge in [0.25, 0.3) is 0 Å². The molecule has 0 fully saturated rings. The van der Waals surface area contributed by atoms with E-state index in [1.807, 2.05) is 0 Å². The largest absolute Gasteiger partial charge is 0.374 e. The average Bonchev–Trinajstić information content (AvgIpc) is 1.47. The highest BCUT2D eigenvalue weighted by atomic mass is 15.1. The topological polar surface area (TPSA) is 19.7 Å². The van der Waals surface area contributed by atoms with E-state index in [9.17, 15) is 0 Å². The molecule has 8 heterocycles. The summed E-state index contributed by atoms with van der Waals surface area (Å²) in [6.45, 7) is -0.332. The summed E-state index contributed by atoms with van der Waals surface area (Å²) >= 11 is 0. The summed E-state index contributed by atoms with van der Waals surface area (Å²) in [5.41, 5.74) is 37.5. The highest BCUT2D eigenvalue weighted by Gasteiger charge is 2.47. The first-order valence-electron chi connectivity index (χ1n) is 32.2. The Morgan fingerprint density at radius 3 is 1.18 bits per heavy atom. The van der Waals surface area contributed by atoms with Crippen molar-refractivity contribution in [3.63, 3.8) is 0 Å². The molecular weight excluding hydrogens is 1110 g/mol. The van der Waals surface area contributed by atoms with Crippen molar-refractivity contribution >= 4 is 112 Å². The summed E-state index contributed by atoms with van der Waals surface area (Å²) in [5.74, 6) is 0. The fourth-order valence-electron chi connectivity index (χ4n) is 17.7. The van der Waals surface area contributed by atoms with E-state index >= 15 is 0 Å². The van der Waals surface area contributed by atoms with Gasteiger partial charge in [0.05, 0.1) is 33.1 Å². The van der Waals surface area contributed by atoms with Gasteiger partial charge >= 0.3 is 13.7 Å². The first kappa shape index (κ1) is 49.1. The average molecular weight is 1160 g/mol. The molecule has 6 heteroatoms. The van der Waals surface area contributed by atoms with Gasteiger partial charge in [-0.2, -0.15) is 0 Å². The molecule has 0 atom stereocenters. The van der Waals surface area contributed by atoms with Crippen LogP contribution in [-0.4, -0.2) is 31.8 Å². The minimum Gasteiger partial charge on any atom is -0.374 e. The molecular formula is C86H50B2N4. The minimum absolute atomic E-state index is 0.147. The lowest BCUT2D eigenvalue weighted by atomic mass is 9.45. The zero-order chi connectivity index (χ0) is 59.6. The third-order valence-electron chi connectivity index (χ3n) is 21.2. The number of nitrogens with zero attached hydrogens (tertiary/aromatic N) is 4. The highest BCUT2D eigenvalue weighted by Crippen LogP contribution is 2.54. The van der Waals surface area contributed by atoms with Crippen LogP contribution in [0.3, 0.4) is 0 Å². The number of benzene rings is 14. The maximum absolute atomic E-state index is 2.85. The Morgan fingerprint density at radius 2 is 0.620 bits per heavy atom. The van der Waals surface area contributed by atoms with E-state index in [4.69, 9.17) is 0 Å². The van der Waals surface area contributed by atoms with Crippen LogP contribution in [0.1, 0.15) is 0 Å². The zero-order valence-electron chi connectivity index (χ0n) is 49.8. The van der Waals surface area contributed by atoms with Crippen LogP contribution in [0.15, 0.2) is 303 Å². The van der Waals surface area contributed by atoms with Crippen LogP contribution in [-0.2, 0) is 0 Å². The zero-order valence-corrected chi connectivity index (χ0v) is 49.8. The molecule has 14 aromatic carbocycles. The van der Waals surface area contributed by atoms with Gasteiger partial charge in [-0.05, 0) is 166 Å². The molecule has 0 radical (unpaired) electrons. The number of hydrogen-bond donors (Lipinski definition) is 0. The van der Waals surface area contributed by atoms with E-state index in [0.29, 0.717) is 0 Å². The van der Waals surface area contributed by atoms with Crippen LogP contribution in [0.4, 0.5) is 0 Å². The molecule has 4 aliphatic heterocycles. The van der Waals surface area contributed by atoms with Gasteiger partial charge in [0.2, 0.25) is 0 Å². The van der Waals surface area contributed by atoms with Crippen molar-refractivity contribution in [1.29, 1.82) is 0 Å². The number of rotatable bonds is 6. The predicted octanol–water partition coefficient (Wildman–Crippen LogP) is 18.8. The molecule has 0 amide bonds. The van der Waals surface area contributed by atoms with Crippen molar-refractivity contribution in [2.45, 2.75) is 0 Å². The molecule has 92 heavy (non-hydrogen) atoms. The first-order chi connectivity index (χ1) is 45.7. The molecule has 0 aliphatic carbocycles. The molecule has 0 bridgehead atoms. The number of fused-ring (bicyclic) bond motifs is 21. The Morgan fingerprint density at radius 1 is 0.207 bits per heavy atom. The second-order valence-corrected chi connectivity index (χ2v) is 25.7. The maximum Gasteiger partial charge on any atom is 0.333 e.